The molecule has 2 aliphatic rings. The van der Waals surface area contributed by atoms with Gasteiger partial charge in [-0.05, 0) is 47.0 Å². The smallest absolute Gasteiger partial charge is 0.408 e. The average molecular weight is 671 g/mol. The van der Waals surface area contributed by atoms with Crippen molar-refractivity contribution in [2.75, 3.05) is 25.4 Å². The monoisotopic (exact) mass is 670 g/mol. The molecule has 2 atom stereocenters. The number of urea groups is 1. The highest BCUT2D eigenvalue weighted by molar-refractivity contribution is 7.22. The number of nitrogens with two attached hydrogens (primary N) is 1. The van der Waals surface area contributed by atoms with Gasteiger partial charge in [0.05, 0.1) is 35.4 Å². The number of piperazine rings is 1. The molecule has 0 radical (unpaired) electrons. The molecule has 4 heterocycles. The Morgan fingerprint density at radius 3 is 2.75 bits per heavy atom. The summed E-state index contributed by atoms with van der Waals surface area (Å²) in [6, 6.07) is 15.2. The van der Waals surface area contributed by atoms with Crippen LogP contribution in [-0.2, 0) is 29.1 Å². The Balaban J connectivity index is 1.21. The number of nitrogens with one attached hydrogen (secondary N) is 2. The van der Waals surface area contributed by atoms with E-state index < -0.39 is 24.0 Å². The summed E-state index contributed by atoms with van der Waals surface area (Å²) in [5.41, 5.74) is 9.75. The Kier molecular flexibility index (Phi) is 8.14. The first-order valence-electron chi connectivity index (χ1n) is 15.2. The van der Waals surface area contributed by atoms with E-state index in [2.05, 4.69) is 21.9 Å². The zero-order chi connectivity index (χ0) is 33.5. The summed E-state index contributed by atoms with van der Waals surface area (Å²) >= 11 is 1.36. The predicted octanol–water partition coefficient (Wildman–Crippen LogP) is 3.19. The van der Waals surface area contributed by atoms with Gasteiger partial charge in [0.25, 0.3) is 0 Å². The normalized spacial score (nSPS) is 18.1. The first kappa shape index (κ1) is 31.1. The number of benzene rings is 3. The first-order chi connectivity index (χ1) is 23.2. The molecule has 2 saturated heterocycles. The molecule has 2 aliphatic heterocycles. The number of aromatic amines is 1. The summed E-state index contributed by atoms with van der Waals surface area (Å²) in [5.74, 6) is -1.56. The number of aromatic nitrogens is 2. The Bertz CT molecular complexity index is 2110. The van der Waals surface area contributed by atoms with Gasteiger partial charge in [0, 0.05) is 19.5 Å². The second-order valence-electron chi connectivity index (χ2n) is 11.6. The molecule has 7 rings (SSSR count). The van der Waals surface area contributed by atoms with Crippen LogP contribution in [0.25, 0.3) is 21.3 Å². The van der Waals surface area contributed by atoms with Gasteiger partial charge in [-0.15, -0.1) is 6.58 Å². The molecule has 5 aromatic rings. The number of thiazole rings is 1. The van der Waals surface area contributed by atoms with Crippen LogP contribution in [0.3, 0.4) is 0 Å². The van der Waals surface area contributed by atoms with Crippen LogP contribution in [-0.4, -0.2) is 79.5 Å². The van der Waals surface area contributed by atoms with E-state index in [9.17, 15) is 23.6 Å². The number of carbonyl (C=O) groups is 3. The number of amides is 4. The highest BCUT2D eigenvalue weighted by Gasteiger charge is 2.52. The molecule has 0 saturated carbocycles. The highest BCUT2D eigenvalue weighted by Crippen LogP contribution is 2.32. The van der Waals surface area contributed by atoms with Gasteiger partial charge >= 0.3 is 11.8 Å². The number of carbonyl (C=O) groups excluding carboxylic acids is 3. The first-order valence-corrected chi connectivity index (χ1v) is 16.0. The van der Waals surface area contributed by atoms with Crippen LogP contribution in [0.2, 0.25) is 0 Å². The van der Waals surface area contributed by atoms with E-state index in [1.165, 1.54) is 28.5 Å². The number of hydrogen-bond acceptors (Lipinski definition) is 9. The van der Waals surface area contributed by atoms with Gasteiger partial charge in [-0.3, -0.25) is 19.6 Å². The molecular formula is C33H31FN8O5S. The summed E-state index contributed by atoms with van der Waals surface area (Å²) in [6.45, 7) is 4.20. The van der Waals surface area contributed by atoms with Crippen LogP contribution >= 0.6 is 11.3 Å². The molecule has 0 spiro atoms. The molecule has 4 amide bonds. The Hall–Kier alpha value is -5.54. The molecule has 2 aromatic heterocycles. The number of hydrogen-bond donors (Lipinski definition) is 3. The molecule has 15 heteroatoms. The van der Waals surface area contributed by atoms with Crippen molar-refractivity contribution in [2.24, 2.45) is 0 Å². The summed E-state index contributed by atoms with van der Waals surface area (Å²) in [6.07, 6.45) is 1.01. The maximum atomic E-state index is 14.3. The van der Waals surface area contributed by atoms with E-state index in [1.807, 2.05) is 18.2 Å². The van der Waals surface area contributed by atoms with Gasteiger partial charge < -0.3 is 25.3 Å². The number of nitrogens with zero attached hydrogens (tertiary/aromatic N) is 5. The van der Waals surface area contributed by atoms with Crippen molar-refractivity contribution >= 4 is 55.6 Å². The zero-order valence-corrected chi connectivity index (χ0v) is 26.4. The number of oxazole rings is 1. The van der Waals surface area contributed by atoms with Crippen molar-refractivity contribution in [1.82, 2.24) is 35.1 Å². The number of H-pyrrole nitrogens is 1. The lowest BCUT2D eigenvalue weighted by Gasteiger charge is -2.46. The number of fused-ring (bicyclic) bond motifs is 3. The zero-order valence-electron chi connectivity index (χ0n) is 25.6. The van der Waals surface area contributed by atoms with E-state index >= 15 is 0 Å². The molecule has 48 heavy (non-hydrogen) atoms. The minimum Gasteiger partial charge on any atom is -0.408 e. The summed E-state index contributed by atoms with van der Waals surface area (Å²) in [4.78, 5) is 63.8. The second-order valence-corrected chi connectivity index (χ2v) is 12.7. The van der Waals surface area contributed by atoms with Crippen molar-refractivity contribution < 1.29 is 23.2 Å². The van der Waals surface area contributed by atoms with Gasteiger partial charge in [-0.25, -0.2) is 19.0 Å². The van der Waals surface area contributed by atoms with Crippen molar-refractivity contribution in [1.29, 1.82) is 0 Å². The van der Waals surface area contributed by atoms with E-state index in [-0.39, 0.29) is 56.8 Å². The van der Waals surface area contributed by atoms with Crippen molar-refractivity contribution in [3.05, 3.63) is 106 Å². The van der Waals surface area contributed by atoms with Gasteiger partial charge in [-0.2, -0.15) is 5.01 Å². The van der Waals surface area contributed by atoms with Crippen LogP contribution in [0, 0.1) is 5.82 Å². The fraction of sp³-hybridized carbons (Fsp3) is 0.242. The third-order valence-corrected chi connectivity index (χ3v) is 9.41. The highest BCUT2D eigenvalue weighted by atomic mass is 32.1. The molecule has 0 unspecified atom stereocenters. The molecular weight excluding hydrogens is 639 g/mol. The number of para-hydroxylation sites is 1. The molecule has 246 valence electrons. The number of nitrogen functional groups attached to an aromatic ring is 1. The fourth-order valence-electron chi connectivity index (χ4n) is 6.38. The number of hydrazine groups is 1. The largest absolute Gasteiger partial charge is 0.417 e. The Labute approximate surface area is 277 Å². The summed E-state index contributed by atoms with van der Waals surface area (Å²) in [7, 11) is 0. The summed E-state index contributed by atoms with van der Waals surface area (Å²) < 4.78 is 19.6. The topological polar surface area (TPSA) is 161 Å². The number of rotatable bonds is 9. The van der Waals surface area contributed by atoms with Crippen molar-refractivity contribution in [3.63, 3.8) is 0 Å². The third-order valence-electron chi connectivity index (χ3n) is 8.56. The van der Waals surface area contributed by atoms with Gasteiger partial charge in [0.2, 0.25) is 11.8 Å². The minimum atomic E-state index is -0.920. The number of halogens is 1. The predicted molar refractivity (Wildman–Crippen MR) is 177 cm³/mol. The second kappa shape index (κ2) is 12.6. The van der Waals surface area contributed by atoms with Crippen LogP contribution < -0.4 is 16.8 Å². The Morgan fingerprint density at radius 1 is 1.17 bits per heavy atom. The molecule has 2 fully saturated rings. The molecule has 0 bridgehead atoms. The number of anilines is 1. The molecule has 4 N–H and O–H groups in total. The lowest BCUT2D eigenvalue weighted by molar-refractivity contribution is -0.157. The van der Waals surface area contributed by atoms with Gasteiger partial charge in [0.15, 0.2) is 10.7 Å². The van der Waals surface area contributed by atoms with E-state index in [0.717, 1.165) is 10.3 Å². The SMILES string of the molecule is C=CCN(C(=O)NCc1ccc(F)cc1)N1CC(=O)N2[C@@H](Cc3ccc4[nH]c(=O)oc4c3)C(=O)N(Cc3cccc4sc(N)nc34)C[C@@H]21. The van der Waals surface area contributed by atoms with Gasteiger partial charge in [-0.1, -0.05) is 47.7 Å². The van der Waals surface area contributed by atoms with Crippen molar-refractivity contribution in [2.45, 2.75) is 31.7 Å². The van der Waals surface area contributed by atoms with Crippen LogP contribution in [0.15, 0.2) is 82.5 Å². The Morgan fingerprint density at radius 2 is 1.96 bits per heavy atom. The summed E-state index contributed by atoms with van der Waals surface area (Å²) in [5, 5.41) is 6.33. The van der Waals surface area contributed by atoms with E-state index in [4.69, 9.17) is 10.2 Å². The molecule has 0 aliphatic carbocycles. The molecule has 3 aromatic carbocycles. The quantitative estimate of drug-likeness (QED) is 0.202. The standard InChI is InChI=1S/C33H31FN8O5S/c1-2-12-40(32(45)36-15-19-6-9-22(34)10-7-19)41-18-28(43)42-24(13-20-8-11-23-25(14-20)47-33(46)37-23)30(44)39(17-27(41)42)16-21-4-3-5-26-29(21)38-31(35)48-26/h2-11,14,24,27H,1,12-13,15-18H2,(H2,35,38)(H,36,45)(H,37,46)/t24-,27+/m0/s1. The third kappa shape index (κ3) is 5.89. The van der Waals surface area contributed by atoms with E-state index in [1.54, 1.807) is 51.2 Å². The van der Waals surface area contributed by atoms with E-state index in [0.29, 0.717) is 32.9 Å². The average Bonchev–Trinajstić information content (AvgIpc) is 3.74. The lowest BCUT2D eigenvalue weighted by Crippen LogP contribution is -2.66. The van der Waals surface area contributed by atoms with Crippen LogP contribution in [0.5, 0.6) is 0 Å². The lowest BCUT2D eigenvalue weighted by atomic mass is 9.99. The fourth-order valence-corrected chi connectivity index (χ4v) is 7.17. The van der Waals surface area contributed by atoms with Crippen LogP contribution in [0.4, 0.5) is 14.3 Å². The van der Waals surface area contributed by atoms with Crippen LogP contribution in [0.1, 0.15) is 16.7 Å². The maximum Gasteiger partial charge on any atom is 0.417 e. The molecule has 13 nitrogen and oxygen atoms in total. The maximum absolute atomic E-state index is 14.3. The minimum absolute atomic E-state index is 0.0894. The van der Waals surface area contributed by atoms with Gasteiger partial charge in [0.1, 0.15) is 18.0 Å². The van der Waals surface area contributed by atoms with Crippen molar-refractivity contribution in [3.8, 4) is 0 Å².